The fourth-order valence-corrected chi connectivity index (χ4v) is 6.16. The molecule has 0 atom stereocenters. The molecule has 1 aliphatic rings. The van der Waals surface area contributed by atoms with E-state index in [0.717, 1.165) is 54.0 Å². The highest BCUT2D eigenvalue weighted by molar-refractivity contribution is 7.13. The number of ether oxygens (including phenoxy) is 1. The van der Waals surface area contributed by atoms with Gasteiger partial charge in [0.15, 0.2) is 0 Å². The Labute approximate surface area is 243 Å². The second-order valence-corrected chi connectivity index (χ2v) is 11.0. The van der Waals surface area contributed by atoms with Gasteiger partial charge in [0.25, 0.3) is 11.5 Å². The molecule has 4 aromatic rings. The van der Waals surface area contributed by atoms with Gasteiger partial charge in [-0.25, -0.2) is 4.98 Å². The zero-order valence-electron chi connectivity index (χ0n) is 23.0. The molecule has 9 heteroatoms. The number of benzene rings is 2. The van der Waals surface area contributed by atoms with Crippen LogP contribution in [0.3, 0.4) is 0 Å². The van der Waals surface area contributed by atoms with Gasteiger partial charge in [0.2, 0.25) is 0 Å². The summed E-state index contributed by atoms with van der Waals surface area (Å²) in [6.07, 6.45) is 1.48. The van der Waals surface area contributed by atoms with Crippen LogP contribution in [-0.4, -0.2) is 53.6 Å². The average molecular weight is 577 g/mol. The summed E-state index contributed by atoms with van der Waals surface area (Å²) in [5.41, 5.74) is 5.78. The maximum atomic E-state index is 14.5. The number of rotatable bonds is 8. The molecule has 1 saturated heterocycles. The van der Waals surface area contributed by atoms with Gasteiger partial charge in [0.05, 0.1) is 34.8 Å². The number of para-hydroxylation sites is 1. The minimum atomic E-state index is -0.212. The number of hydrogen-bond acceptors (Lipinski definition) is 6. The van der Waals surface area contributed by atoms with Gasteiger partial charge in [-0.1, -0.05) is 55.8 Å². The van der Waals surface area contributed by atoms with Crippen LogP contribution in [0.25, 0.3) is 27.5 Å². The van der Waals surface area contributed by atoms with Gasteiger partial charge < -0.3 is 15.0 Å². The molecule has 3 heterocycles. The molecule has 1 N–H and O–H groups in total. The number of carbonyl (C=O) groups excluding carboxylic acids is 1. The number of nitrogens with zero attached hydrogens (tertiary/aromatic N) is 3. The number of amides is 1. The molecular weight excluding hydrogens is 544 g/mol. The summed E-state index contributed by atoms with van der Waals surface area (Å²) in [5.74, 6) is -0.106. The first-order valence-electron chi connectivity index (χ1n) is 13.6. The highest BCUT2D eigenvalue weighted by atomic mass is 35.5. The third-order valence-electron chi connectivity index (χ3n) is 7.28. The van der Waals surface area contributed by atoms with Crippen LogP contribution in [0.2, 0.25) is 5.02 Å². The Morgan fingerprint density at radius 1 is 1.07 bits per heavy atom. The molecule has 1 amide bonds. The van der Waals surface area contributed by atoms with E-state index in [1.807, 2.05) is 52.7 Å². The Balaban J connectivity index is 1.78. The van der Waals surface area contributed by atoms with Gasteiger partial charge in [-0.2, -0.15) is 0 Å². The molecular formula is C31H33ClN4O3S. The zero-order valence-corrected chi connectivity index (χ0v) is 24.6. The predicted molar refractivity (Wildman–Crippen MR) is 162 cm³/mol. The fourth-order valence-electron chi connectivity index (χ4n) is 5.20. The first-order chi connectivity index (χ1) is 19.5. The molecule has 0 radical (unpaired) electrons. The largest absolute Gasteiger partial charge is 0.378 e. The quantitative estimate of drug-likeness (QED) is 0.296. The molecule has 0 bridgehead atoms. The number of carbonyl (C=O) groups is 1. The van der Waals surface area contributed by atoms with Gasteiger partial charge in [0, 0.05) is 49.3 Å². The van der Waals surface area contributed by atoms with Crippen LogP contribution in [0.5, 0.6) is 0 Å². The van der Waals surface area contributed by atoms with Crippen LogP contribution in [0.1, 0.15) is 41.0 Å². The van der Waals surface area contributed by atoms with E-state index in [-0.39, 0.29) is 18.1 Å². The standard InChI is InChI=1S/C31H33ClN4O3S/c1-4-20-7-6-8-21(5-2)28(20)36-27(18-39-3)24(30(37)35-15-13-33-14-16-35)17-25(31(36)38)29-34-26(19-40-29)22-9-11-23(32)12-10-22/h6-12,17,19,33H,4-5,13-16,18H2,1-3H3. The lowest BCUT2D eigenvalue weighted by Gasteiger charge is -2.29. The highest BCUT2D eigenvalue weighted by Gasteiger charge is 2.28. The van der Waals surface area contributed by atoms with Crippen molar-refractivity contribution in [2.75, 3.05) is 33.3 Å². The van der Waals surface area contributed by atoms with Crippen molar-refractivity contribution < 1.29 is 9.53 Å². The van der Waals surface area contributed by atoms with Crippen LogP contribution in [0.4, 0.5) is 0 Å². The summed E-state index contributed by atoms with van der Waals surface area (Å²) < 4.78 is 7.34. The Bertz CT molecular complexity index is 1550. The second kappa shape index (κ2) is 12.5. The molecule has 0 saturated carbocycles. The molecule has 0 unspecified atom stereocenters. The lowest BCUT2D eigenvalue weighted by atomic mass is 10.0. The molecule has 2 aromatic heterocycles. The van der Waals surface area contributed by atoms with Crippen LogP contribution in [-0.2, 0) is 24.2 Å². The number of aromatic nitrogens is 2. The molecule has 40 heavy (non-hydrogen) atoms. The molecule has 0 spiro atoms. The van der Waals surface area contributed by atoms with Crippen molar-refractivity contribution in [3.63, 3.8) is 0 Å². The molecule has 1 aliphatic heterocycles. The first-order valence-corrected chi connectivity index (χ1v) is 14.8. The SMILES string of the molecule is CCc1cccc(CC)c1-n1c(COC)c(C(=O)N2CCNCC2)cc(-c2nc(-c3ccc(Cl)cc3)cs2)c1=O. The third-order valence-corrected chi connectivity index (χ3v) is 8.41. The summed E-state index contributed by atoms with van der Waals surface area (Å²) in [7, 11) is 1.59. The van der Waals surface area contributed by atoms with Crippen LogP contribution >= 0.6 is 22.9 Å². The Morgan fingerprint density at radius 2 is 1.75 bits per heavy atom. The van der Waals surface area contributed by atoms with E-state index in [1.165, 1.54) is 11.3 Å². The van der Waals surface area contributed by atoms with Crippen LogP contribution < -0.4 is 10.9 Å². The predicted octanol–water partition coefficient (Wildman–Crippen LogP) is 5.60. The number of nitrogens with one attached hydrogen (secondary N) is 1. The topological polar surface area (TPSA) is 76.5 Å². The molecule has 0 aliphatic carbocycles. The number of halogens is 1. The zero-order chi connectivity index (χ0) is 28.2. The Hall–Kier alpha value is -3.30. The maximum Gasteiger partial charge on any atom is 0.265 e. The number of pyridine rings is 1. The van der Waals surface area contributed by atoms with E-state index < -0.39 is 0 Å². The van der Waals surface area contributed by atoms with E-state index in [0.29, 0.717) is 39.9 Å². The van der Waals surface area contributed by atoms with Gasteiger partial charge in [-0.15, -0.1) is 11.3 Å². The van der Waals surface area contributed by atoms with Gasteiger partial charge >= 0.3 is 0 Å². The number of aryl methyl sites for hydroxylation is 2. The summed E-state index contributed by atoms with van der Waals surface area (Å²) in [6.45, 7) is 6.94. The van der Waals surface area contributed by atoms with Crippen molar-refractivity contribution in [3.8, 4) is 27.5 Å². The number of hydrogen-bond donors (Lipinski definition) is 1. The van der Waals surface area contributed by atoms with Crippen molar-refractivity contribution in [1.82, 2.24) is 19.8 Å². The first kappa shape index (κ1) is 28.2. The molecule has 208 valence electrons. The fraction of sp³-hybridized carbons (Fsp3) is 0.323. The van der Waals surface area contributed by atoms with Gasteiger partial charge in [-0.3, -0.25) is 14.2 Å². The molecule has 5 rings (SSSR count). The third kappa shape index (κ3) is 5.49. The number of thiazole rings is 1. The minimum Gasteiger partial charge on any atom is -0.378 e. The van der Waals surface area contributed by atoms with Crippen LogP contribution in [0.15, 0.2) is 58.7 Å². The monoisotopic (exact) mass is 576 g/mol. The van der Waals surface area contributed by atoms with Crippen molar-refractivity contribution >= 4 is 28.8 Å². The maximum absolute atomic E-state index is 14.5. The smallest absolute Gasteiger partial charge is 0.265 e. The summed E-state index contributed by atoms with van der Waals surface area (Å²) in [5, 5.41) is 6.45. The summed E-state index contributed by atoms with van der Waals surface area (Å²) >= 11 is 7.48. The normalized spacial score (nSPS) is 13.6. The van der Waals surface area contributed by atoms with E-state index in [1.54, 1.807) is 17.7 Å². The molecule has 2 aromatic carbocycles. The molecule has 1 fully saturated rings. The number of piperazine rings is 1. The van der Waals surface area contributed by atoms with Gasteiger partial charge in [0.1, 0.15) is 5.01 Å². The van der Waals surface area contributed by atoms with E-state index in [9.17, 15) is 9.59 Å². The highest BCUT2D eigenvalue weighted by Crippen LogP contribution is 2.31. The minimum absolute atomic E-state index is 0.106. The van der Waals surface area contributed by atoms with E-state index in [2.05, 4.69) is 19.2 Å². The Morgan fingerprint density at radius 3 is 2.38 bits per heavy atom. The van der Waals surface area contributed by atoms with Crippen molar-refractivity contribution in [2.45, 2.75) is 33.3 Å². The van der Waals surface area contributed by atoms with E-state index >= 15 is 0 Å². The van der Waals surface area contributed by atoms with Crippen LogP contribution in [0, 0.1) is 0 Å². The van der Waals surface area contributed by atoms with E-state index in [4.69, 9.17) is 21.3 Å². The van der Waals surface area contributed by atoms with Gasteiger partial charge in [-0.05, 0) is 42.2 Å². The van der Waals surface area contributed by atoms with Crippen molar-refractivity contribution in [2.24, 2.45) is 0 Å². The Kier molecular flexibility index (Phi) is 8.81. The van der Waals surface area contributed by atoms with Crippen molar-refractivity contribution in [1.29, 1.82) is 0 Å². The molecule has 7 nitrogen and oxygen atoms in total. The summed E-state index contributed by atoms with van der Waals surface area (Å²) in [6, 6.07) is 15.3. The average Bonchev–Trinajstić information content (AvgIpc) is 3.48. The second-order valence-electron chi connectivity index (χ2n) is 9.71. The van der Waals surface area contributed by atoms with Crippen molar-refractivity contribution in [3.05, 3.63) is 91.7 Å². The summed E-state index contributed by atoms with van der Waals surface area (Å²) in [4.78, 5) is 35.2. The lowest BCUT2D eigenvalue weighted by Crippen LogP contribution is -2.47. The number of methoxy groups -OCH3 is 1. The lowest BCUT2D eigenvalue weighted by molar-refractivity contribution is 0.0729.